The first kappa shape index (κ1) is 21.0. The van der Waals surface area contributed by atoms with Gasteiger partial charge in [-0.05, 0) is 24.6 Å². The van der Waals surface area contributed by atoms with Crippen molar-refractivity contribution in [3.05, 3.63) is 77.5 Å². The summed E-state index contributed by atoms with van der Waals surface area (Å²) >= 11 is 0. The van der Waals surface area contributed by atoms with Crippen LogP contribution in [0.1, 0.15) is 16.8 Å². The molecule has 0 radical (unpaired) electrons. The Morgan fingerprint density at radius 2 is 1.30 bits per heavy atom. The van der Waals surface area contributed by atoms with Crippen LogP contribution in [0.3, 0.4) is 0 Å². The number of nitrogens with one attached hydrogen (secondary N) is 2. The topological polar surface area (TPSA) is 81.6 Å². The predicted molar refractivity (Wildman–Crippen MR) is 114 cm³/mol. The molecule has 30 heavy (non-hydrogen) atoms. The number of alkyl carbamates (subject to hydrolysis) is 2. The quantitative estimate of drug-likeness (QED) is 0.643. The number of hydrogen-bond donors (Lipinski definition) is 2. The third kappa shape index (κ3) is 4.46. The minimum atomic E-state index is -0.530. The van der Waals surface area contributed by atoms with E-state index in [-0.39, 0.29) is 13.2 Å². The molecule has 2 N–H and O–H groups in total. The molecule has 0 aliphatic heterocycles. The van der Waals surface area contributed by atoms with E-state index in [1.165, 1.54) is 14.1 Å². The summed E-state index contributed by atoms with van der Waals surface area (Å²) in [5, 5.41) is 4.92. The van der Waals surface area contributed by atoms with Crippen molar-refractivity contribution in [2.45, 2.75) is 20.1 Å². The highest BCUT2D eigenvalue weighted by atomic mass is 16.6. The SMILES string of the molecule is CNC(=O)OCc1c(COC(=O)NC)c(-c2ccccc2)n(-c2ccccc2)c1C. The zero-order chi connectivity index (χ0) is 21.5. The van der Waals surface area contributed by atoms with Gasteiger partial charge in [0.05, 0.1) is 5.69 Å². The molecule has 0 fully saturated rings. The number of amides is 2. The van der Waals surface area contributed by atoms with Gasteiger partial charge < -0.3 is 24.7 Å². The van der Waals surface area contributed by atoms with Crippen molar-refractivity contribution in [3.8, 4) is 16.9 Å². The summed E-state index contributed by atoms with van der Waals surface area (Å²) in [6.45, 7) is 2.06. The Kier molecular flexibility index (Phi) is 6.75. The van der Waals surface area contributed by atoms with E-state index in [1.807, 2.05) is 67.6 Å². The van der Waals surface area contributed by atoms with E-state index < -0.39 is 12.2 Å². The van der Waals surface area contributed by atoms with Crippen molar-refractivity contribution >= 4 is 12.2 Å². The number of carbonyl (C=O) groups is 2. The van der Waals surface area contributed by atoms with Gasteiger partial charge in [0.15, 0.2) is 0 Å². The fraction of sp³-hybridized carbons (Fsp3) is 0.217. The molecule has 0 aliphatic carbocycles. The predicted octanol–water partition coefficient (Wildman–Crippen LogP) is 4.16. The first-order valence-electron chi connectivity index (χ1n) is 9.59. The fourth-order valence-electron chi connectivity index (χ4n) is 3.36. The maximum atomic E-state index is 11.8. The van der Waals surface area contributed by atoms with Crippen molar-refractivity contribution in [2.24, 2.45) is 0 Å². The highest BCUT2D eigenvalue weighted by Crippen LogP contribution is 2.35. The van der Waals surface area contributed by atoms with Gasteiger partial charge in [-0.15, -0.1) is 0 Å². The smallest absolute Gasteiger partial charge is 0.407 e. The Balaban J connectivity index is 2.21. The molecule has 0 atom stereocenters. The molecule has 156 valence electrons. The molecule has 7 heteroatoms. The lowest BCUT2D eigenvalue weighted by Crippen LogP contribution is -2.20. The molecule has 3 rings (SSSR count). The second-order valence-electron chi connectivity index (χ2n) is 6.58. The van der Waals surface area contributed by atoms with Gasteiger partial charge in [0.2, 0.25) is 0 Å². The Morgan fingerprint density at radius 3 is 1.83 bits per heavy atom. The van der Waals surface area contributed by atoms with Gasteiger partial charge >= 0.3 is 12.2 Å². The number of benzene rings is 2. The van der Waals surface area contributed by atoms with Crippen LogP contribution in [0.5, 0.6) is 0 Å². The Morgan fingerprint density at radius 1 is 0.800 bits per heavy atom. The third-order valence-electron chi connectivity index (χ3n) is 4.81. The summed E-state index contributed by atoms with van der Waals surface area (Å²) < 4.78 is 12.8. The Labute approximate surface area is 175 Å². The van der Waals surface area contributed by atoms with Crippen LogP contribution in [-0.4, -0.2) is 30.8 Å². The van der Waals surface area contributed by atoms with Crippen LogP contribution in [0.25, 0.3) is 16.9 Å². The minimum absolute atomic E-state index is 0.0387. The molecule has 0 saturated heterocycles. The average Bonchev–Trinajstić information content (AvgIpc) is 3.08. The molecule has 1 heterocycles. The lowest BCUT2D eigenvalue weighted by atomic mass is 10.0. The summed E-state index contributed by atoms with van der Waals surface area (Å²) in [7, 11) is 3.02. The summed E-state index contributed by atoms with van der Waals surface area (Å²) in [5.74, 6) is 0. The highest BCUT2D eigenvalue weighted by Gasteiger charge is 2.24. The van der Waals surface area contributed by atoms with Gasteiger partial charge in [-0.25, -0.2) is 9.59 Å². The van der Waals surface area contributed by atoms with Gasteiger partial charge in [0.25, 0.3) is 0 Å². The van der Waals surface area contributed by atoms with E-state index in [0.717, 1.165) is 33.8 Å². The van der Waals surface area contributed by atoms with Crippen molar-refractivity contribution in [2.75, 3.05) is 14.1 Å². The molecule has 0 aliphatic rings. The lowest BCUT2D eigenvalue weighted by molar-refractivity contribution is 0.134. The van der Waals surface area contributed by atoms with E-state index in [2.05, 4.69) is 15.2 Å². The van der Waals surface area contributed by atoms with Crippen LogP contribution >= 0.6 is 0 Å². The van der Waals surface area contributed by atoms with E-state index in [4.69, 9.17) is 9.47 Å². The maximum absolute atomic E-state index is 11.8. The summed E-state index contributed by atoms with van der Waals surface area (Å²) in [6.07, 6.45) is -1.06. The van der Waals surface area contributed by atoms with Crippen molar-refractivity contribution in [1.82, 2.24) is 15.2 Å². The van der Waals surface area contributed by atoms with Crippen molar-refractivity contribution < 1.29 is 19.1 Å². The number of para-hydroxylation sites is 1. The fourth-order valence-corrected chi connectivity index (χ4v) is 3.36. The second kappa shape index (κ2) is 9.65. The Hall–Kier alpha value is -3.74. The number of aromatic nitrogens is 1. The van der Waals surface area contributed by atoms with Gasteiger partial charge in [-0.2, -0.15) is 0 Å². The molecule has 0 unspecified atom stereocenters. The van der Waals surface area contributed by atoms with Gasteiger partial charge in [0, 0.05) is 36.6 Å². The van der Waals surface area contributed by atoms with E-state index in [0.29, 0.717) is 0 Å². The monoisotopic (exact) mass is 407 g/mol. The second-order valence-corrected chi connectivity index (χ2v) is 6.58. The molecular formula is C23H25N3O4. The summed E-state index contributed by atoms with van der Waals surface area (Å²) in [4.78, 5) is 23.5. The van der Waals surface area contributed by atoms with Crippen LogP contribution < -0.4 is 10.6 Å². The molecule has 7 nitrogen and oxygen atoms in total. The maximum Gasteiger partial charge on any atom is 0.407 e. The number of nitrogens with zero attached hydrogens (tertiary/aromatic N) is 1. The van der Waals surface area contributed by atoms with Gasteiger partial charge in [-0.3, -0.25) is 0 Å². The van der Waals surface area contributed by atoms with Crippen LogP contribution in [0.15, 0.2) is 60.7 Å². The van der Waals surface area contributed by atoms with Gasteiger partial charge in [0.1, 0.15) is 13.2 Å². The van der Waals surface area contributed by atoms with E-state index >= 15 is 0 Å². The summed E-state index contributed by atoms with van der Waals surface area (Å²) in [6, 6.07) is 19.8. The highest BCUT2D eigenvalue weighted by molar-refractivity contribution is 5.72. The van der Waals surface area contributed by atoms with Crippen LogP contribution in [-0.2, 0) is 22.7 Å². The van der Waals surface area contributed by atoms with Crippen LogP contribution in [0.4, 0.5) is 9.59 Å². The molecule has 3 aromatic rings. The zero-order valence-corrected chi connectivity index (χ0v) is 17.3. The van der Waals surface area contributed by atoms with Crippen molar-refractivity contribution in [3.63, 3.8) is 0 Å². The molecule has 0 spiro atoms. The lowest BCUT2D eigenvalue weighted by Gasteiger charge is -2.14. The molecule has 0 bridgehead atoms. The van der Waals surface area contributed by atoms with Gasteiger partial charge in [-0.1, -0.05) is 48.5 Å². The van der Waals surface area contributed by atoms with Crippen LogP contribution in [0, 0.1) is 6.92 Å². The van der Waals surface area contributed by atoms with Crippen molar-refractivity contribution in [1.29, 1.82) is 0 Å². The average molecular weight is 407 g/mol. The Bertz CT molecular complexity index is 1010. The number of rotatable bonds is 6. The normalized spacial score (nSPS) is 10.4. The summed E-state index contributed by atoms with van der Waals surface area (Å²) in [5.41, 5.74) is 5.30. The van der Waals surface area contributed by atoms with Crippen LogP contribution in [0.2, 0.25) is 0 Å². The van der Waals surface area contributed by atoms with E-state index in [9.17, 15) is 9.59 Å². The standard InChI is InChI=1S/C23H25N3O4/c1-16-19(14-29-22(27)24-2)20(15-30-23(28)25-3)21(17-10-6-4-7-11-17)26(16)18-12-8-5-9-13-18/h4-13H,14-15H2,1-3H3,(H,24,27)(H,25,28). The van der Waals surface area contributed by atoms with E-state index in [1.54, 1.807) is 0 Å². The molecule has 1 aromatic heterocycles. The number of hydrogen-bond acceptors (Lipinski definition) is 4. The third-order valence-corrected chi connectivity index (χ3v) is 4.81. The number of ether oxygens (including phenoxy) is 2. The first-order chi connectivity index (χ1) is 14.6. The first-order valence-corrected chi connectivity index (χ1v) is 9.59. The molecule has 0 saturated carbocycles. The largest absolute Gasteiger partial charge is 0.445 e. The molecule has 2 aromatic carbocycles. The zero-order valence-electron chi connectivity index (χ0n) is 17.3. The number of carbonyl (C=O) groups excluding carboxylic acids is 2. The molecular weight excluding hydrogens is 382 g/mol. The molecule has 2 amide bonds. The minimum Gasteiger partial charge on any atom is -0.445 e.